The third-order valence-corrected chi connectivity index (χ3v) is 9.80. The lowest BCUT2D eigenvalue weighted by Crippen LogP contribution is -2.60. The molecular weight excluding hydrogens is 468 g/mol. The van der Waals surface area contributed by atoms with Gasteiger partial charge in [0, 0.05) is 24.7 Å². The number of fused-ring (bicyclic) bond motifs is 2. The maximum atomic E-state index is 13.8. The molecule has 190 valence electrons. The van der Waals surface area contributed by atoms with Crippen molar-refractivity contribution in [1.82, 2.24) is 9.80 Å². The predicted octanol–water partition coefficient (Wildman–Crippen LogP) is 0.942. The summed E-state index contributed by atoms with van der Waals surface area (Å²) in [6, 6.07) is -1.23. The van der Waals surface area contributed by atoms with Gasteiger partial charge in [-0.2, -0.15) is 0 Å². The molecule has 7 saturated heterocycles. The zero-order chi connectivity index (χ0) is 24.7. The van der Waals surface area contributed by atoms with Crippen molar-refractivity contribution in [3.63, 3.8) is 0 Å². The number of esters is 2. The van der Waals surface area contributed by atoms with Crippen molar-refractivity contribution in [1.29, 1.82) is 0 Å². The molecule has 0 radical (unpaired) electrons. The molecule has 2 aliphatic carbocycles. The molecule has 0 aromatic carbocycles. The molecule has 10 atom stereocenters. The summed E-state index contributed by atoms with van der Waals surface area (Å²) < 4.78 is 23.9. The van der Waals surface area contributed by atoms with Gasteiger partial charge in [0.2, 0.25) is 0 Å². The highest BCUT2D eigenvalue weighted by Crippen LogP contribution is 2.78. The number of carbonyl (C=O) groups excluding carboxylic acids is 4. The minimum Gasteiger partial charge on any atom is -0.455 e. The van der Waals surface area contributed by atoms with Gasteiger partial charge in [-0.1, -0.05) is 19.8 Å². The summed E-state index contributed by atoms with van der Waals surface area (Å²) in [5.41, 5.74) is 0.230. The SMILES string of the molecule is CCCCCC(=O)O[C@@H]1C=C2N3C(=O)[C@@H]4C[C@]56C(=C[C@@H](OC(C)=O)[C@@H]7O[C@@H]75)N4C(=O)[C@@H]3C[C@@]26[C@H]2O[C@@H]12. The van der Waals surface area contributed by atoms with Gasteiger partial charge in [0.25, 0.3) is 11.8 Å². The molecule has 0 saturated carbocycles. The number of rotatable bonds is 6. The van der Waals surface area contributed by atoms with E-state index in [0.29, 0.717) is 19.3 Å². The van der Waals surface area contributed by atoms with Crippen molar-refractivity contribution < 1.29 is 38.1 Å². The molecule has 36 heavy (non-hydrogen) atoms. The molecule has 9 aliphatic rings. The minimum absolute atomic E-state index is 0.103. The fraction of sp³-hybridized carbons (Fsp3) is 0.692. The second-order valence-electron chi connectivity index (χ2n) is 11.4. The summed E-state index contributed by atoms with van der Waals surface area (Å²) in [5, 5.41) is 0. The van der Waals surface area contributed by atoms with Crippen LogP contribution in [0, 0.1) is 10.8 Å². The molecule has 10 heteroatoms. The molecule has 10 nitrogen and oxygen atoms in total. The Morgan fingerprint density at radius 3 is 1.94 bits per heavy atom. The molecule has 0 aromatic rings. The lowest BCUT2D eigenvalue weighted by atomic mass is 9.52. The van der Waals surface area contributed by atoms with Crippen LogP contribution >= 0.6 is 0 Å². The van der Waals surface area contributed by atoms with E-state index < -0.39 is 41.1 Å². The lowest BCUT2D eigenvalue weighted by molar-refractivity contribution is -0.154. The third-order valence-electron chi connectivity index (χ3n) is 9.80. The van der Waals surface area contributed by atoms with Crippen molar-refractivity contribution in [2.75, 3.05) is 0 Å². The van der Waals surface area contributed by atoms with E-state index in [0.717, 1.165) is 30.7 Å². The highest BCUT2D eigenvalue weighted by Gasteiger charge is 2.87. The second-order valence-corrected chi connectivity index (χ2v) is 11.4. The maximum absolute atomic E-state index is 13.8. The summed E-state index contributed by atoms with van der Waals surface area (Å²) in [7, 11) is 0. The zero-order valence-corrected chi connectivity index (χ0v) is 20.2. The van der Waals surface area contributed by atoms with E-state index in [9.17, 15) is 19.2 Å². The van der Waals surface area contributed by atoms with Crippen LogP contribution in [0.2, 0.25) is 0 Å². The quantitative estimate of drug-likeness (QED) is 0.303. The van der Waals surface area contributed by atoms with Gasteiger partial charge in [-0.05, 0) is 31.4 Å². The summed E-state index contributed by atoms with van der Waals surface area (Å²) in [6.45, 7) is 3.44. The number of nitrogens with zero attached hydrogens (tertiary/aromatic N) is 2. The lowest BCUT2D eigenvalue weighted by Gasteiger charge is -2.50. The van der Waals surface area contributed by atoms with E-state index in [4.69, 9.17) is 18.9 Å². The first kappa shape index (κ1) is 21.4. The van der Waals surface area contributed by atoms with Crippen LogP contribution < -0.4 is 0 Å². The molecule has 0 N–H and O–H groups in total. The normalized spacial score (nSPS) is 47.4. The largest absolute Gasteiger partial charge is 0.455 e. The Labute approximate surface area is 207 Å². The van der Waals surface area contributed by atoms with E-state index in [1.54, 1.807) is 9.80 Å². The molecule has 0 unspecified atom stereocenters. The van der Waals surface area contributed by atoms with Crippen LogP contribution in [0.3, 0.4) is 0 Å². The fourth-order valence-corrected chi connectivity index (χ4v) is 8.50. The summed E-state index contributed by atoms with van der Waals surface area (Å²) in [4.78, 5) is 55.3. The molecule has 7 aliphatic heterocycles. The number of hydrogen-bond donors (Lipinski definition) is 0. The van der Waals surface area contributed by atoms with Crippen LogP contribution in [-0.2, 0) is 38.1 Å². The van der Waals surface area contributed by atoms with Gasteiger partial charge in [-0.25, -0.2) is 0 Å². The van der Waals surface area contributed by atoms with Crippen molar-refractivity contribution in [2.45, 2.75) is 101 Å². The van der Waals surface area contributed by atoms with E-state index >= 15 is 0 Å². The van der Waals surface area contributed by atoms with Gasteiger partial charge in [-0.3, -0.25) is 19.2 Å². The summed E-state index contributed by atoms with van der Waals surface area (Å²) in [6.07, 6.45) is 5.41. The molecule has 0 aromatic heterocycles. The molecule has 6 bridgehead atoms. The summed E-state index contributed by atoms with van der Waals surface area (Å²) >= 11 is 0. The highest BCUT2D eigenvalue weighted by molar-refractivity contribution is 6.03. The Morgan fingerprint density at radius 2 is 1.44 bits per heavy atom. The van der Waals surface area contributed by atoms with Gasteiger partial charge in [-0.15, -0.1) is 0 Å². The van der Waals surface area contributed by atoms with Crippen LogP contribution in [0.15, 0.2) is 23.5 Å². The average Bonchev–Trinajstić information content (AvgIpc) is 3.74. The molecule has 2 amide bonds. The third kappa shape index (κ3) is 2.23. The minimum atomic E-state index is -0.634. The van der Waals surface area contributed by atoms with Gasteiger partial charge < -0.3 is 28.7 Å². The first-order valence-corrected chi connectivity index (χ1v) is 13.1. The zero-order valence-electron chi connectivity index (χ0n) is 20.2. The smallest absolute Gasteiger partial charge is 0.306 e. The first-order valence-electron chi connectivity index (χ1n) is 13.1. The van der Waals surface area contributed by atoms with E-state index in [2.05, 4.69) is 6.92 Å². The van der Waals surface area contributed by atoms with Crippen LogP contribution in [0.4, 0.5) is 0 Å². The second kappa shape index (κ2) is 6.58. The Bertz CT molecular complexity index is 1210. The standard InChI is InChI=1S/C26H28N2O8/c1-3-4-5-6-18(30)34-15-8-17-26(22-20(15)36-22)10-13-23(31)27-12(24(32)28(13)17)9-25(26)16(27)7-14(33-11(2)29)19-21(25)35-19/h7-8,12-15,19-22H,3-6,9-10H2,1-2H3/t12-,13-,14+,15+,19-,20-,21-,22-,25-,26-/m0/s1. The van der Waals surface area contributed by atoms with Crippen LogP contribution in [0.5, 0.6) is 0 Å². The van der Waals surface area contributed by atoms with Gasteiger partial charge >= 0.3 is 11.9 Å². The monoisotopic (exact) mass is 496 g/mol. The van der Waals surface area contributed by atoms with E-state index in [-0.39, 0.29) is 42.2 Å². The Balaban J connectivity index is 1.25. The number of hydrogen-bond acceptors (Lipinski definition) is 8. The Morgan fingerprint density at radius 1 is 0.917 bits per heavy atom. The van der Waals surface area contributed by atoms with Gasteiger partial charge in [0.15, 0.2) is 12.2 Å². The van der Waals surface area contributed by atoms with Gasteiger partial charge in [0.1, 0.15) is 36.5 Å². The van der Waals surface area contributed by atoms with Crippen LogP contribution in [-0.4, -0.2) is 82.3 Å². The maximum Gasteiger partial charge on any atom is 0.306 e. The predicted molar refractivity (Wildman–Crippen MR) is 118 cm³/mol. The van der Waals surface area contributed by atoms with Crippen molar-refractivity contribution in [3.05, 3.63) is 23.5 Å². The number of unbranched alkanes of at least 4 members (excludes halogenated alkanes) is 2. The highest BCUT2D eigenvalue weighted by atomic mass is 16.6. The van der Waals surface area contributed by atoms with E-state index in [1.807, 2.05) is 12.2 Å². The molecule has 7 fully saturated rings. The molecule has 2 spiro atoms. The van der Waals surface area contributed by atoms with Crippen LogP contribution in [0.1, 0.15) is 52.4 Å². The Hall–Kier alpha value is -2.72. The molecular formula is C26H28N2O8. The van der Waals surface area contributed by atoms with Crippen molar-refractivity contribution >= 4 is 23.8 Å². The first-order chi connectivity index (χ1) is 17.3. The van der Waals surface area contributed by atoms with Crippen molar-refractivity contribution in [3.8, 4) is 0 Å². The topological polar surface area (TPSA) is 118 Å². The average molecular weight is 497 g/mol. The van der Waals surface area contributed by atoms with Crippen LogP contribution in [0.25, 0.3) is 0 Å². The number of carbonyl (C=O) groups is 4. The fourth-order valence-electron chi connectivity index (χ4n) is 8.50. The number of amides is 2. The molecule has 9 rings (SSSR count). The number of piperazine rings is 1. The number of epoxide rings is 2. The van der Waals surface area contributed by atoms with E-state index in [1.165, 1.54) is 6.92 Å². The van der Waals surface area contributed by atoms with Gasteiger partial charge in [0.05, 0.1) is 10.8 Å². The molecule has 7 heterocycles. The van der Waals surface area contributed by atoms with Crippen molar-refractivity contribution in [2.24, 2.45) is 10.8 Å². The Kier molecular flexibility index (Phi) is 3.91. The summed E-state index contributed by atoms with van der Waals surface area (Å²) in [5.74, 6) is -0.891. The number of ether oxygens (including phenoxy) is 4.